The summed E-state index contributed by atoms with van der Waals surface area (Å²) in [5, 5.41) is 3.90. The fourth-order valence-electron chi connectivity index (χ4n) is 4.84. The van der Waals surface area contributed by atoms with Crippen LogP contribution in [-0.4, -0.2) is 6.04 Å². The molecule has 0 bridgehead atoms. The zero-order chi connectivity index (χ0) is 19.5. The minimum absolute atomic E-state index is 0.164. The third-order valence-corrected chi connectivity index (χ3v) is 6.34. The van der Waals surface area contributed by atoms with E-state index < -0.39 is 0 Å². The van der Waals surface area contributed by atoms with Crippen LogP contribution in [0.1, 0.15) is 69.9 Å². The predicted octanol–water partition coefficient (Wildman–Crippen LogP) is 7.44. The molecular weight excluding hydrogens is 345 g/mol. The lowest BCUT2D eigenvalue weighted by atomic mass is 9.75. The Morgan fingerprint density at radius 1 is 0.964 bits per heavy atom. The van der Waals surface area contributed by atoms with Gasteiger partial charge in [0.2, 0.25) is 0 Å². The average Bonchev–Trinajstić information content (AvgIpc) is 3.56. The van der Waals surface area contributed by atoms with Crippen LogP contribution >= 0.6 is 0 Å². The van der Waals surface area contributed by atoms with E-state index in [1.807, 2.05) is 12.1 Å². The van der Waals surface area contributed by atoms with Gasteiger partial charge >= 0.3 is 0 Å². The van der Waals surface area contributed by atoms with Crippen LogP contribution in [0.25, 0.3) is 5.57 Å². The topological polar surface area (TPSA) is 12.0 Å². The second kappa shape index (κ2) is 8.51. The third kappa shape index (κ3) is 3.87. The Morgan fingerprint density at radius 2 is 1.71 bits per heavy atom. The zero-order valence-electron chi connectivity index (χ0n) is 17.2. The molecule has 2 aliphatic rings. The van der Waals surface area contributed by atoms with E-state index in [4.69, 9.17) is 0 Å². The number of para-hydroxylation sites is 1. The fraction of sp³-hybridized carbons (Fsp3) is 0.462. The van der Waals surface area contributed by atoms with Crippen LogP contribution in [0.15, 0.2) is 54.1 Å². The Balaban J connectivity index is 1.91. The van der Waals surface area contributed by atoms with E-state index in [1.54, 1.807) is 17.7 Å². The molecule has 1 saturated carbocycles. The van der Waals surface area contributed by atoms with E-state index in [0.29, 0.717) is 12.0 Å². The first-order chi connectivity index (χ1) is 13.7. The minimum atomic E-state index is -0.164. The first-order valence-electron chi connectivity index (χ1n) is 11.1. The molecule has 0 amide bonds. The number of hydrogen-bond donors (Lipinski definition) is 1. The summed E-state index contributed by atoms with van der Waals surface area (Å²) in [5.41, 5.74) is 6.62. The van der Waals surface area contributed by atoms with Crippen LogP contribution in [-0.2, 0) is 0 Å². The van der Waals surface area contributed by atoms with Gasteiger partial charge in [0, 0.05) is 11.3 Å². The lowest BCUT2D eigenvalue weighted by molar-refractivity contribution is 0.457. The second-order valence-corrected chi connectivity index (χ2v) is 8.47. The van der Waals surface area contributed by atoms with Gasteiger partial charge < -0.3 is 5.32 Å². The molecule has 0 radical (unpaired) electrons. The summed E-state index contributed by atoms with van der Waals surface area (Å²) in [6.45, 7) is 4.58. The maximum Gasteiger partial charge on any atom is 0.123 e. The molecule has 148 valence electrons. The van der Waals surface area contributed by atoms with Gasteiger partial charge in [-0.3, -0.25) is 0 Å². The van der Waals surface area contributed by atoms with E-state index in [-0.39, 0.29) is 5.82 Å². The largest absolute Gasteiger partial charge is 0.378 e. The molecule has 1 aliphatic heterocycles. The molecular formula is C26H32FN. The Morgan fingerprint density at radius 3 is 2.39 bits per heavy atom. The molecule has 1 N–H and O–H groups in total. The first kappa shape index (κ1) is 19.2. The van der Waals surface area contributed by atoms with E-state index in [1.165, 1.54) is 61.8 Å². The summed E-state index contributed by atoms with van der Waals surface area (Å²) >= 11 is 0. The third-order valence-electron chi connectivity index (χ3n) is 6.34. The van der Waals surface area contributed by atoms with Gasteiger partial charge in [0.05, 0.1) is 6.04 Å². The Hall–Kier alpha value is -2.09. The molecule has 0 spiro atoms. The maximum absolute atomic E-state index is 13.7. The average molecular weight is 378 g/mol. The summed E-state index contributed by atoms with van der Waals surface area (Å²) in [6, 6.07) is 16.2. The highest BCUT2D eigenvalue weighted by atomic mass is 19.1. The number of benzene rings is 2. The maximum atomic E-state index is 13.7. The first-order valence-corrected chi connectivity index (χ1v) is 11.1. The molecule has 1 fully saturated rings. The Bertz CT molecular complexity index is 832. The summed E-state index contributed by atoms with van der Waals surface area (Å²) < 4.78 is 13.7. The standard InChI is InChI=1S/C26H32FN/c1-3-5-9-18(8-4-2)25-24(19-14-16-21(27)17-15-19)22-10-6-7-11-23(22)28-26(25)20-12-13-20/h6-7,10-11,14-18,20,26,28H,3-5,8-9,12-13H2,1-2H3. The number of nitrogens with one attached hydrogen (secondary N) is 1. The van der Waals surface area contributed by atoms with Crippen molar-refractivity contribution in [2.24, 2.45) is 11.8 Å². The van der Waals surface area contributed by atoms with Crippen molar-refractivity contribution in [3.8, 4) is 0 Å². The quantitative estimate of drug-likeness (QED) is 0.504. The highest BCUT2D eigenvalue weighted by Gasteiger charge is 2.40. The molecule has 0 saturated heterocycles. The van der Waals surface area contributed by atoms with Gasteiger partial charge in [0.15, 0.2) is 0 Å². The van der Waals surface area contributed by atoms with Gasteiger partial charge in [-0.2, -0.15) is 0 Å². The second-order valence-electron chi connectivity index (χ2n) is 8.47. The monoisotopic (exact) mass is 377 g/mol. The van der Waals surface area contributed by atoms with E-state index >= 15 is 0 Å². The van der Waals surface area contributed by atoms with Crippen LogP contribution in [0.4, 0.5) is 10.1 Å². The summed E-state index contributed by atoms with van der Waals surface area (Å²) in [5.74, 6) is 1.17. The molecule has 2 heteroatoms. The van der Waals surface area contributed by atoms with Crippen LogP contribution in [0, 0.1) is 17.7 Å². The van der Waals surface area contributed by atoms with Crippen molar-refractivity contribution in [1.29, 1.82) is 0 Å². The van der Waals surface area contributed by atoms with E-state index in [0.717, 1.165) is 11.5 Å². The molecule has 1 nitrogen and oxygen atoms in total. The molecule has 4 rings (SSSR count). The molecule has 1 heterocycles. The van der Waals surface area contributed by atoms with Crippen molar-refractivity contribution in [2.45, 2.75) is 64.8 Å². The molecule has 28 heavy (non-hydrogen) atoms. The van der Waals surface area contributed by atoms with Crippen molar-refractivity contribution >= 4 is 11.3 Å². The molecule has 2 unspecified atom stereocenters. The van der Waals surface area contributed by atoms with Crippen LogP contribution in [0.2, 0.25) is 0 Å². The van der Waals surface area contributed by atoms with Gasteiger partial charge in [0.25, 0.3) is 0 Å². The van der Waals surface area contributed by atoms with E-state index in [9.17, 15) is 4.39 Å². The van der Waals surface area contributed by atoms with E-state index in [2.05, 4.69) is 43.4 Å². The number of fused-ring (bicyclic) bond motifs is 1. The van der Waals surface area contributed by atoms with Gasteiger partial charge in [0.1, 0.15) is 5.82 Å². The molecule has 2 aromatic rings. The predicted molar refractivity (Wildman–Crippen MR) is 117 cm³/mol. The number of unbranched alkanes of at least 4 members (excludes halogenated alkanes) is 1. The minimum Gasteiger partial charge on any atom is -0.378 e. The number of hydrogen-bond acceptors (Lipinski definition) is 1. The molecule has 2 atom stereocenters. The van der Waals surface area contributed by atoms with Crippen molar-refractivity contribution in [2.75, 3.05) is 5.32 Å². The highest BCUT2D eigenvalue weighted by molar-refractivity contribution is 5.91. The summed E-state index contributed by atoms with van der Waals surface area (Å²) in [4.78, 5) is 0. The van der Waals surface area contributed by atoms with Crippen molar-refractivity contribution in [3.05, 3.63) is 71.0 Å². The molecule has 2 aromatic carbocycles. The number of anilines is 1. The lowest BCUT2D eigenvalue weighted by Crippen LogP contribution is -2.33. The SMILES string of the molecule is CCCCC(CCC)C1=C(c2ccc(F)cc2)c2ccccc2NC1C1CC1. The van der Waals surface area contributed by atoms with Gasteiger partial charge in [-0.15, -0.1) is 0 Å². The fourth-order valence-corrected chi connectivity index (χ4v) is 4.84. The summed E-state index contributed by atoms with van der Waals surface area (Å²) in [6.07, 6.45) is 8.80. The van der Waals surface area contributed by atoms with Crippen LogP contribution in [0.5, 0.6) is 0 Å². The zero-order valence-corrected chi connectivity index (χ0v) is 17.2. The highest BCUT2D eigenvalue weighted by Crippen LogP contribution is 2.49. The van der Waals surface area contributed by atoms with Gasteiger partial charge in [-0.1, -0.05) is 63.4 Å². The Labute approximate surface area is 169 Å². The van der Waals surface area contributed by atoms with Crippen LogP contribution < -0.4 is 5.32 Å². The van der Waals surface area contributed by atoms with Crippen LogP contribution in [0.3, 0.4) is 0 Å². The smallest absolute Gasteiger partial charge is 0.123 e. The Kier molecular flexibility index (Phi) is 5.85. The molecule has 0 aromatic heterocycles. The van der Waals surface area contributed by atoms with Crippen molar-refractivity contribution in [3.63, 3.8) is 0 Å². The lowest BCUT2D eigenvalue weighted by Gasteiger charge is -2.37. The van der Waals surface area contributed by atoms with Gasteiger partial charge in [-0.05, 0) is 72.4 Å². The summed E-state index contributed by atoms with van der Waals surface area (Å²) in [7, 11) is 0. The number of rotatable bonds is 8. The van der Waals surface area contributed by atoms with Crippen molar-refractivity contribution in [1.82, 2.24) is 0 Å². The number of halogens is 1. The molecule has 1 aliphatic carbocycles. The normalized spacial score (nSPS) is 19.9. The van der Waals surface area contributed by atoms with Crippen molar-refractivity contribution < 1.29 is 4.39 Å². The van der Waals surface area contributed by atoms with Gasteiger partial charge in [-0.25, -0.2) is 4.39 Å².